The van der Waals surface area contributed by atoms with Crippen LogP contribution in [-0.2, 0) is 28.4 Å². The molecule has 1 aliphatic rings. The van der Waals surface area contributed by atoms with E-state index in [1.807, 2.05) is 13.8 Å². The Kier molecular flexibility index (Phi) is 8.04. The number of amides is 2. The van der Waals surface area contributed by atoms with Crippen molar-refractivity contribution < 1.29 is 35.9 Å². The summed E-state index contributed by atoms with van der Waals surface area (Å²) in [5, 5.41) is 2.42. The fraction of sp³-hybridized carbons (Fsp3) is 0.276. The van der Waals surface area contributed by atoms with E-state index in [1.165, 1.54) is 4.90 Å². The highest BCUT2D eigenvalue weighted by Gasteiger charge is 2.39. The molecule has 5 nitrogen and oxygen atoms in total. The van der Waals surface area contributed by atoms with Crippen LogP contribution in [0.25, 0.3) is 0 Å². The van der Waals surface area contributed by atoms with Crippen molar-refractivity contribution in [3.8, 4) is 0 Å². The molecule has 0 bridgehead atoms. The van der Waals surface area contributed by atoms with Crippen molar-refractivity contribution in [3.05, 3.63) is 101 Å². The zero-order valence-electron chi connectivity index (χ0n) is 21.5. The molecule has 0 radical (unpaired) electrons. The van der Waals surface area contributed by atoms with E-state index in [1.54, 1.807) is 54.6 Å². The molecule has 210 valence electrons. The van der Waals surface area contributed by atoms with Gasteiger partial charge in [0.1, 0.15) is 0 Å². The standard InChI is InChI=1S/C29H25F6N3O2/c1-3-17(2)38-23-12-8-7-11-21(23)25(18-9-5-4-6-10-18)37-26(27(38)40)36-24(39)15-19-13-14-20(28(30,31)32)16-22(19)29(33,34)35/h4-14,16-17,26H,3,15H2,1-2H3,(H,36,39)/t17-,26?/m0/s1. The topological polar surface area (TPSA) is 61.8 Å². The minimum absolute atomic E-state index is 0.0214. The van der Waals surface area contributed by atoms with Gasteiger partial charge in [0.25, 0.3) is 5.91 Å². The average molecular weight is 562 g/mol. The maximum absolute atomic E-state index is 13.8. The van der Waals surface area contributed by atoms with Crippen LogP contribution in [0.4, 0.5) is 32.0 Å². The minimum Gasteiger partial charge on any atom is -0.326 e. The third kappa shape index (κ3) is 6.03. The molecule has 1 aliphatic heterocycles. The van der Waals surface area contributed by atoms with Crippen LogP contribution in [0.15, 0.2) is 77.8 Å². The highest BCUT2D eigenvalue weighted by molar-refractivity contribution is 6.20. The van der Waals surface area contributed by atoms with Crippen molar-refractivity contribution in [1.29, 1.82) is 0 Å². The van der Waals surface area contributed by atoms with Gasteiger partial charge >= 0.3 is 12.4 Å². The summed E-state index contributed by atoms with van der Waals surface area (Å²) in [6, 6.07) is 16.7. The summed E-state index contributed by atoms with van der Waals surface area (Å²) in [4.78, 5) is 32.8. The van der Waals surface area contributed by atoms with Crippen LogP contribution in [0.3, 0.4) is 0 Å². The number of carbonyl (C=O) groups excluding carboxylic acids is 2. The number of halogens is 6. The Bertz CT molecular complexity index is 1430. The number of benzodiazepines with no additional fused rings is 1. The fourth-order valence-electron chi connectivity index (χ4n) is 4.49. The zero-order valence-corrected chi connectivity index (χ0v) is 21.5. The SMILES string of the molecule is CC[C@H](C)N1C(=O)C(NC(=O)Cc2ccc(C(F)(F)F)cc2C(F)(F)F)N=C(c2ccccc2)c2ccccc21. The highest BCUT2D eigenvalue weighted by atomic mass is 19.4. The third-order valence-corrected chi connectivity index (χ3v) is 6.62. The molecule has 0 saturated heterocycles. The van der Waals surface area contributed by atoms with Gasteiger partial charge in [-0.1, -0.05) is 61.5 Å². The van der Waals surface area contributed by atoms with Gasteiger partial charge in [0.15, 0.2) is 0 Å². The third-order valence-electron chi connectivity index (χ3n) is 6.62. The number of hydrogen-bond donors (Lipinski definition) is 1. The van der Waals surface area contributed by atoms with Crippen molar-refractivity contribution in [2.24, 2.45) is 4.99 Å². The predicted octanol–water partition coefficient (Wildman–Crippen LogP) is 6.39. The first-order chi connectivity index (χ1) is 18.8. The first kappa shape index (κ1) is 28.8. The Labute approximate surface area is 226 Å². The van der Waals surface area contributed by atoms with Crippen molar-refractivity contribution in [2.75, 3.05) is 4.90 Å². The van der Waals surface area contributed by atoms with Crippen LogP contribution in [-0.4, -0.2) is 29.7 Å². The Balaban J connectivity index is 1.74. The van der Waals surface area contributed by atoms with E-state index in [4.69, 9.17) is 0 Å². The summed E-state index contributed by atoms with van der Waals surface area (Å²) in [6.07, 6.45) is -12.0. The maximum atomic E-state index is 13.8. The summed E-state index contributed by atoms with van der Waals surface area (Å²) in [5.41, 5.74) is -1.49. The van der Waals surface area contributed by atoms with Crippen LogP contribution in [0, 0.1) is 0 Å². The average Bonchev–Trinajstić information content (AvgIpc) is 3.02. The summed E-state index contributed by atoms with van der Waals surface area (Å²) in [5.74, 6) is -1.60. The van der Waals surface area contributed by atoms with Crippen LogP contribution >= 0.6 is 0 Å². The molecule has 0 aliphatic carbocycles. The van der Waals surface area contributed by atoms with Gasteiger partial charge in [-0.2, -0.15) is 26.3 Å². The number of nitrogens with zero attached hydrogens (tertiary/aromatic N) is 2. The molecule has 1 unspecified atom stereocenters. The summed E-state index contributed by atoms with van der Waals surface area (Å²) >= 11 is 0. The number of aliphatic imine (C=N–C) groups is 1. The fourth-order valence-corrected chi connectivity index (χ4v) is 4.49. The van der Waals surface area contributed by atoms with Crippen LogP contribution in [0.1, 0.15) is 48.1 Å². The summed E-state index contributed by atoms with van der Waals surface area (Å²) in [6.45, 7) is 3.69. The van der Waals surface area contributed by atoms with Gasteiger partial charge in [-0.25, -0.2) is 4.99 Å². The van der Waals surface area contributed by atoms with Crippen LogP contribution in [0.2, 0.25) is 0 Å². The smallest absolute Gasteiger partial charge is 0.326 e. The van der Waals surface area contributed by atoms with E-state index < -0.39 is 53.4 Å². The molecule has 1 N–H and O–H groups in total. The lowest BCUT2D eigenvalue weighted by Gasteiger charge is -2.30. The number of para-hydroxylation sites is 1. The molecular formula is C29H25F6N3O2. The predicted molar refractivity (Wildman–Crippen MR) is 138 cm³/mol. The normalized spacial score (nSPS) is 16.6. The molecule has 0 aromatic heterocycles. The molecule has 0 spiro atoms. The molecule has 40 heavy (non-hydrogen) atoms. The number of benzene rings is 3. The number of rotatable bonds is 6. The molecule has 3 aromatic rings. The first-order valence-electron chi connectivity index (χ1n) is 12.4. The molecule has 1 heterocycles. The maximum Gasteiger partial charge on any atom is 0.416 e. The molecule has 0 saturated carbocycles. The lowest BCUT2D eigenvalue weighted by atomic mass is 9.99. The Hall–Kier alpha value is -4.15. The second-order valence-corrected chi connectivity index (χ2v) is 9.34. The lowest BCUT2D eigenvalue weighted by molar-refractivity contribution is -0.143. The molecule has 2 amide bonds. The molecule has 3 aromatic carbocycles. The molecule has 2 atom stereocenters. The van der Waals surface area contributed by atoms with Crippen molar-refractivity contribution in [2.45, 2.75) is 51.2 Å². The largest absolute Gasteiger partial charge is 0.416 e. The van der Waals surface area contributed by atoms with E-state index in [9.17, 15) is 35.9 Å². The minimum atomic E-state index is -5.14. The number of nitrogens with one attached hydrogen (secondary N) is 1. The number of alkyl halides is 6. The highest BCUT2D eigenvalue weighted by Crippen LogP contribution is 2.37. The van der Waals surface area contributed by atoms with Gasteiger partial charge < -0.3 is 10.2 Å². The Morgan fingerprint density at radius 3 is 2.23 bits per heavy atom. The molecular weight excluding hydrogens is 536 g/mol. The molecule has 0 fully saturated rings. The van der Waals surface area contributed by atoms with Crippen molar-refractivity contribution >= 4 is 23.2 Å². The van der Waals surface area contributed by atoms with Crippen molar-refractivity contribution in [3.63, 3.8) is 0 Å². The van der Waals surface area contributed by atoms with E-state index in [-0.39, 0.29) is 12.1 Å². The number of carbonyl (C=O) groups is 2. The van der Waals surface area contributed by atoms with Gasteiger partial charge in [0, 0.05) is 17.2 Å². The van der Waals surface area contributed by atoms with E-state index >= 15 is 0 Å². The quantitative estimate of drug-likeness (QED) is 0.355. The van der Waals surface area contributed by atoms with Crippen LogP contribution < -0.4 is 10.2 Å². The van der Waals surface area contributed by atoms with Gasteiger partial charge in [-0.3, -0.25) is 9.59 Å². The second-order valence-electron chi connectivity index (χ2n) is 9.34. The Morgan fingerprint density at radius 2 is 1.60 bits per heavy atom. The van der Waals surface area contributed by atoms with Crippen molar-refractivity contribution in [1.82, 2.24) is 5.32 Å². The Morgan fingerprint density at radius 1 is 0.950 bits per heavy atom. The first-order valence-corrected chi connectivity index (χ1v) is 12.4. The number of fused-ring (bicyclic) bond motifs is 1. The van der Waals surface area contributed by atoms with E-state index in [2.05, 4.69) is 10.3 Å². The van der Waals surface area contributed by atoms with Gasteiger partial charge in [-0.15, -0.1) is 0 Å². The number of hydrogen-bond acceptors (Lipinski definition) is 3. The zero-order chi connectivity index (χ0) is 29.2. The number of anilines is 1. The van der Waals surface area contributed by atoms with Gasteiger partial charge in [0.2, 0.25) is 12.1 Å². The molecule has 4 rings (SSSR count). The summed E-state index contributed by atoms with van der Waals surface area (Å²) in [7, 11) is 0. The van der Waals surface area contributed by atoms with Crippen LogP contribution in [0.5, 0.6) is 0 Å². The lowest BCUT2D eigenvalue weighted by Crippen LogP contribution is -2.50. The van der Waals surface area contributed by atoms with E-state index in [0.29, 0.717) is 41.1 Å². The summed E-state index contributed by atoms with van der Waals surface area (Å²) < 4.78 is 80.1. The van der Waals surface area contributed by atoms with Gasteiger partial charge in [-0.05, 0) is 37.1 Å². The molecule has 11 heteroatoms. The monoisotopic (exact) mass is 561 g/mol. The second kappa shape index (κ2) is 11.1. The van der Waals surface area contributed by atoms with E-state index in [0.717, 1.165) is 0 Å². The van der Waals surface area contributed by atoms with Gasteiger partial charge in [0.05, 0.1) is 28.9 Å².